The number of amides is 1. The first-order valence-corrected chi connectivity index (χ1v) is 11.6. The van der Waals surface area contributed by atoms with E-state index in [1.165, 1.54) is 30.3 Å². The van der Waals surface area contributed by atoms with Crippen molar-refractivity contribution in [1.82, 2.24) is 0 Å². The van der Waals surface area contributed by atoms with Gasteiger partial charge in [0.15, 0.2) is 0 Å². The van der Waals surface area contributed by atoms with Gasteiger partial charge in [0.25, 0.3) is 15.9 Å². The van der Waals surface area contributed by atoms with Gasteiger partial charge in [-0.15, -0.1) is 11.3 Å². The van der Waals surface area contributed by atoms with Crippen LogP contribution in [0.5, 0.6) is 0 Å². The summed E-state index contributed by atoms with van der Waals surface area (Å²) in [4.78, 5) is 12.7. The highest BCUT2D eigenvalue weighted by atomic mass is 35.5. The normalized spacial score (nSPS) is 11.9. The molecule has 0 saturated carbocycles. The van der Waals surface area contributed by atoms with Gasteiger partial charge in [-0.1, -0.05) is 34.8 Å². The van der Waals surface area contributed by atoms with Crippen LogP contribution in [0.15, 0.2) is 52.7 Å². The smallest absolute Gasteiger partial charge is 0.321 e. The first-order valence-electron chi connectivity index (χ1n) is 8.12. The van der Waals surface area contributed by atoms with Crippen LogP contribution >= 0.6 is 46.1 Å². The summed E-state index contributed by atoms with van der Waals surface area (Å²) in [5.74, 6) is -0.842. The van der Waals surface area contributed by atoms with Crippen molar-refractivity contribution in [2.75, 3.05) is 10.0 Å². The van der Waals surface area contributed by atoms with Crippen molar-refractivity contribution in [3.8, 4) is 0 Å². The Morgan fingerprint density at radius 2 is 1.61 bits per heavy atom. The predicted molar refractivity (Wildman–Crippen MR) is 116 cm³/mol. The molecule has 0 fully saturated rings. The maximum Gasteiger partial charge on any atom is 0.416 e. The van der Waals surface area contributed by atoms with Crippen molar-refractivity contribution < 1.29 is 26.4 Å². The SMILES string of the molecule is O=C(Nc1ccc(C(F)(F)F)cc1Cl)c1cc(Cl)ccc1NS(=O)(=O)c1ccc(Cl)s1. The molecule has 0 aliphatic heterocycles. The van der Waals surface area contributed by atoms with Gasteiger partial charge >= 0.3 is 6.18 Å². The Hall–Kier alpha value is -1.98. The van der Waals surface area contributed by atoms with Gasteiger partial charge in [0.2, 0.25) is 0 Å². The number of hydrogen-bond donors (Lipinski definition) is 2. The molecule has 0 aliphatic rings. The van der Waals surface area contributed by atoms with Crippen LogP contribution in [0, 0.1) is 0 Å². The molecule has 0 bridgehead atoms. The third-order valence-electron chi connectivity index (χ3n) is 3.83. The summed E-state index contributed by atoms with van der Waals surface area (Å²) in [6.07, 6.45) is -4.60. The van der Waals surface area contributed by atoms with E-state index in [-0.39, 0.29) is 35.5 Å². The number of alkyl halides is 3. The number of halogens is 6. The summed E-state index contributed by atoms with van der Waals surface area (Å²) in [6, 6.07) is 8.96. The van der Waals surface area contributed by atoms with E-state index in [0.717, 1.165) is 23.5 Å². The molecule has 3 rings (SSSR count). The van der Waals surface area contributed by atoms with Crippen LogP contribution in [0.1, 0.15) is 15.9 Å². The van der Waals surface area contributed by atoms with Gasteiger partial charge in [-0.25, -0.2) is 8.42 Å². The molecule has 0 saturated heterocycles. The third-order valence-corrected chi connectivity index (χ3v) is 7.46. The van der Waals surface area contributed by atoms with Gasteiger partial charge in [-0.05, 0) is 48.5 Å². The number of carbonyl (C=O) groups excluding carboxylic acids is 1. The fourth-order valence-electron chi connectivity index (χ4n) is 2.41. The van der Waals surface area contributed by atoms with Gasteiger partial charge in [-0.3, -0.25) is 9.52 Å². The Labute approximate surface area is 193 Å². The predicted octanol–water partition coefficient (Wildman–Crippen LogP) is 6.78. The van der Waals surface area contributed by atoms with E-state index in [2.05, 4.69) is 10.0 Å². The van der Waals surface area contributed by atoms with Crippen LogP contribution in [-0.2, 0) is 16.2 Å². The Kier molecular flexibility index (Phi) is 6.78. The zero-order valence-electron chi connectivity index (χ0n) is 14.9. The highest BCUT2D eigenvalue weighted by molar-refractivity contribution is 7.94. The molecule has 0 spiro atoms. The second kappa shape index (κ2) is 8.87. The molecule has 164 valence electrons. The molecule has 13 heteroatoms. The van der Waals surface area contributed by atoms with Crippen LogP contribution < -0.4 is 10.0 Å². The monoisotopic (exact) mass is 528 g/mol. The Morgan fingerprint density at radius 3 is 2.19 bits per heavy atom. The molecule has 2 aromatic carbocycles. The van der Waals surface area contributed by atoms with Crippen molar-refractivity contribution in [2.45, 2.75) is 10.4 Å². The lowest BCUT2D eigenvalue weighted by atomic mass is 10.1. The van der Waals surface area contributed by atoms with Gasteiger partial charge in [0, 0.05) is 5.02 Å². The molecule has 3 aromatic rings. The van der Waals surface area contributed by atoms with E-state index in [0.29, 0.717) is 6.07 Å². The maximum absolute atomic E-state index is 12.8. The van der Waals surface area contributed by atoms with E-state index in [1.54, 1.807) is 0 Å². The lowest BCUT2D eigenvalue weighted by molar-refractivity contribution is -0.137. The van der Waals surface area contributed by atoms with E-state index < -0.39 is 27.7 Å². The number of sulfonamides is 1. The van der Waals surface area contributed by atoms with E-state index in [4.69, 9.17) is 34.8 Å². The number of anilines is 2. The molecule has 0 unspecified atom stereocenters. The largest absolute Gasteiger partial charge is 0.416 e. The molecular formula is C18H10Cl3F3N2O3S2. The van der Waals surface area contributed by atoms with Crippen molar-refractivity contribution >= 4 is 73.4 Å². The van der Waals surface area contributed by atoms with Crippen molar-refractivity contribution in [3.63, 3.8) is 0 Å². The molecule has 0 radical (unpaired) electrons. The van der Waals surface area contributed by atoms with Gasteiger partial charge in [-0.2, -0.15) is 13.2 Å². The first-order chi connectivity index (χ1) is 14.4. The van der Waals surface area contributed by atoms with Gasteiger partial charge in [0.1, 0.15) is 4.21 Å². The van der Waals surface area contributed by atoms with E-state index in [1.807, 2.05) is 0 Å². The van der Waals surface area contributed by atoms with Crippen molar-refractivity contribution in [3.05, 3.63) is 74.0 Å². The average molecular weight is 530 g/mol. The van der Waals surface area contributed by atoms with Crippen LogP contribution in [0.4, 0.5) is 24.5 Å². The molecule has 0 atom stereocenters. The van der Waals surface area contributed by atoms with Crippen molar-refractivity contribution in [1.29, 1.82) is 0 Å². The highest BCUT2D eigenvalue weighted by Gasteiger charge is 2.31. The molecule has 0 aliphatic carbocycles. The third kappa shape index (κ3) is 5.64. The zero-order valence-corrected chi connectivity index (χ0v) is 18.8. The lowest BCUT2D eigenvalue weighted by Gasteiger charge is -2.14. The molecular weight excluding hydrogens is 520 g/mol. The fraction of sp³-hybridized carbons (Fsp3) is 0.0556. The lowest BCUT2D eigenvalue weighted by Crippen LogP contribution is -2.18. The standard InChI is InChI=1S/C18H10Cl3F3N2O3S2/c19-10-2-4-13(26-31(28,29)16-6-5-15(21)30-16)11(8-10)17(27)25-14-3-1-9(7-12(14)20)18(22,23)24/h1-8,26H,(H,25,27). The summed E-state index contributed by atoms with van der Waals surface area (Å²) in [5.41, 5.74) is -1.36. The number of benzene rings is 2. The fourth-order valence-corrected chi connectivity index (χ4v) is 5.38. The highest BCUT2D eigenvalue weighted by Crippen LogP contribution is 2.34. The Balaban J connectivity index is 1.91. The zero-order chi connectivity index (χ0) is 23.0. The quantitative estimate of drug-likeness (QED) is 0.382. The molecule has 1 aromatic heterocycles. The summed E-state index contributed by atoms with van der Waals surface area (Å²) in [5, 5.41) is 2.14. The van der Waals surface area contributed by atoms with Crippen LogP contribution in [0.25, 0.3) is 0 Å². The minimum Gasteiger partial charge on any atom is -0.321 e. The molecule has 5 nitrogen and oxygen atoms in total. The van der Waals surface area contributed by atoms with Crippen LogP contribution in [-0.4, -0.2) is 14.3 Å². The van der Waals surface area contributed by atoms with E-state index in [9.17, 15) is 26.4 Å². The van der Waals surface area contributed by atoms with Crippen molar-refractivity contribution in [2.24, 2.45) is 0 Å². The van der Waals surface area contributed by atoms with Crippen LogP contribution in [0.3, 0.4) is 0 Å². The second-order valence-corrected chi connectivity index (χ2v) is 10.5. The molecule has 1 heterocycles. The molecule has 1 amide bonds. The summed E-state index contributed by atoms with van der Waals surface area (Å²) in [7, 11) is -4.05. The Bertz CT molecular complexity index is 1260. The number of thiophene rings is 1. The number of hydrogen-bond acceptors (Lipinski definition) is 4. The number of nitrogens with one attached hydrogen (secondary N) is 2. The summed E-state index contributed by atoms with van der Waals surface area (Å²) < 4.78 is 66.0. The molecule has 31 heavy (non-hydrogen) atoms. The summed E-state index contributed by atoms with van der Waals surface area (Å²) in [6.45, 7) is 0. The average Bonchev–Trinajstić information content (AvgIpc) is 3.11. The minimum absolute atomic E-state index is 0.0791. The maximum atomic E-state index is 12.8. The molecule has 2 N–H and O–H groups in total. The van der Waals surface area contributed by atoms with Crippen LogP contribution in [0.2, 0.25) is 14.4 Å². The second-order valence-electron chi connectivity index (χ2n) is 6.00. The topological polar surface area (TPSA) is 75.3 Å². The Morgan fingerprint density at radius 1 is 0.935 bits per heavy atom. The van der Waals surface area contributed by atoms with Gasteiger partial charge < -0.3 is 5.32 Å². The minimum atomic E-state index is -4.60. The first kappa shape index (κ1) is 23.7. The van der Waals surface area contributed by atoms with Gasteiger partial charge in [0.05, 0.1) is 31.9 Å². The summed E-state index contributed by atoms with van der Waals surface area (Å²) >= 11 is 18.4. The number of rotatable bonds is 5. The van der Waals surface area contributed by atoms with E-state index >= 15 is 0 Å². The number of carbonyl (C=O) groups is 1.